The van der Waals surface area contributed by atoms with Crippen molar-refractivity contribution in [2.45, 2.75) is 32.4 Å². The van der Waals surface area contributed by atoms with E-state index in [0.717, 1.165) is 17.3 Å². The fraction of sp³-hybridized carbons (Fsp3) is 0.231. The first-order chi connectivity index (χ1) is 16.7. The number of imidazole rings is 1. The molecule has 0 aliphatic carbocycles. The SMILES string of the molecule is CC(C)c1ccccc1-c1nc2ccnc(Cc3ccc(-c4nc(C(F)(F)F)cn4C)cc3)n2n1. The molecule has 0 spiro atoms. The highest BCUT2D eigenvalue weighted by Crippen LogP contribution is 2.31. The van der Waals surface area contributed by atoms with Crippen molar-refractivity contribution >= 4 is 5.65 Å². The molecule has 0 bridgehead atoms. The molecule has 0 saturated heterocycles. The third-order valence-electron chi connectivity index (χ3n) is 5.89. The zero-order valence-electron chi connectivity index (χ0n) is 19.5. The number of halogens is 3. The molecule has 0 atom stereocenters. The Bertz CT molecular complexity index is 1500. The van der Waals surface area contributed by atoms with Gasteiger partial charge < -0.3 is 4.57 Å². The predicted molar refractivity (Wildman–Crippen MR) is 127 cm³/mol. The highest BCUT2D eigenvalue weighted by Gasteiger charge is 2.34. The molecule has 0 N–H and O–H groups in total. The summed E-state index contributed by atoms with van der Waals surface area (Å²) in [5.41, 5.74) is 3.51. The first-order valence-corrected chi connectivity index (χ1v) is 11.2. The Labute approximate surface area is 200 Å². The van der Waals surface area contributed by atoms with Crippen molar-refractivity contribution in [2.24, 2.45) is 7.05 Å². The van der Waals surface area contributed by atoms with Gasteiger partial charge in [-0.25, -0.2) is 15.0 Å². The van der Waals surface area contributed by atoms with E-state index in [0.29, 0.717) is 35.2 Å². The number of hydrogen-bond donors (Lipinski definition) is 0. The molecule has 0 aliphatic rings. The summed E-state index contributed by atoms with van der Waals surface area (Å²) in [6.07, 6.45) is -1.29. The second kappa shape index (κ2) is 8.65. The van der Waals surface area contributed by atoms with Crippen LogP contribution in [0.2, 0.25) is 0 Å². The van der Waals surface area contributed by atoms with Gasteiger partial charge in [-0.15, -0.1) is 5.10 Å². The second-order valence-electron chi connectivity index (χ2n) is 8.74. The van der Waals surface area contributed by atoms with Crippen molar-refractivity contribution in [2.75, 3.05) is 0 Å². The summed E-state index contributed by atoms with van der Waals surface area (Å²) in [5.74, 6) is 1.95. The highest BCUT2D eigenvalue weighted by molar-refractivity contribution is 5.63. The third-order valence-corrected chi connectivity index (χ3v) is 5.89. The van der Waals surface area contributed by atoms with Gasteiger partial charge in [0.05, 0.1) is 0 Å². The van der Waals surface area contributed by atoms with E-state index in [1.807, 2.05) is 36.4 Å². The number of alkyl halides is 3. The Hall–Kier alpha value is -4.01. The molecule has 0 amide bonds. The van der Waals surface area contributed by atoms with Crippen LogP contribution in [0.3, 0.4) is 0 Å². The molecule has 178 valence electrons. The number of fused-ring (bicyclic) bond motifs is 1. The van der Waals surface area contributed by atoms with Gasteiger partial charge in [0.2, 0.25) is 0 Å². The van der Waals surface area contributed by atoms with Gasteiger partial charge in [-0.3, -0.25) is 0 Å². The molecular weight excluding hydrogens is 453 g/mol. The van der Waals surface area contributed by atoms with Crippen LogP contribution >= 0.6 is 0 Å². The van der Waals surface area contributed by atoms with Crippen molar-refractivity contribution < 1.29 is 13.2 Å². The Morgan fingerprint density at radius 2 is 1.69 bits per heavy atom. The summed E-state index contributed by atoms with van der Waals surface area (Å²) in [6, 6.07) is 17.2. The Kier molecular flexibility index (Phi) is 5.62. The van der Waals surface area contributed by atoms with E-state index in [-0.39, 0.29) is 5.82 Å². The van der Waals surface area contributed by atoms with Gasteiger partial charge in [-0.05, 0) is 17.0 Å². The first kappa shape index (κ1) is 22.8. The van der Waals surface area contributed by atoms with Crippen LogP contribution < -0.4 is 0 Å². The number of rotatable bonds is 5. The molecule has 6 nitrogen and oxygen atoms in total. The summed E-state index contributed by atoms with van der Waals surface area (Å²) >= 11 is 0. The maximum Gasteiger partial charge on any atom is 0.434 e. The van der Waals surface area contributed by atoms with Crippen LogP contribution in [-0.2, 0) is 19.6 Å². The minimum atomic E-state index is -4.48. The van der Waals surface area contributed by atoms with Crippen LogP contribution in [0.5, 0.6) is 0 Å². The van der Waals surface area contributed by atoms with Crippen LogP contribution in [0.4, 0.5) is 13.2 Å². The lowest BCUT2D eigenvalue weighted by Crippen LogP contribution is -2.05. The molecule has 0 aliphatic heterocycles. The monoisotopic (exact) mass is 476 g/mol. The predicted octanol–water partition coefficient (Wildman–Crippen LogP) is 5.92. The molecule has 5 rings (SSSR count). The van der Waals surface area contributed by atoms with Crippen LogP contribution in [0, 0.1) is 0 Å². The largest absolute Gasteiger partial charge is 0.434 e. The Balaban J connectivity index is 1.44. The number of aryl methyl sites for hydroxylation is 1. The molecule has 0 saturated carbocycles. The molecule has 9 heteroatoms. The van der Waals surface area contributed by atoms with Gasteiger partial charge in [-0.1, -0.05) is 62.4 Å². The second-order valence-corrected chi connectivity index (χ2v) is 8.74. The standard InChI is InChI=1S/C26H23F3N6/c1-16(2)19-6-4-5-7-20(19)24-32-22-12-13-30-23(35(22)33-24)14-17-8-10-18(11-9-17)25-31-21(15-34(25)3)26(27,28)29/h4-13,15-16H,14H2,1-3H3. The molecular formula is C26H23F3N6. The molecule has 2 aromatic carbocycles. The van der Waals surface area contributed by atoms with Gasteiger partial charge in [0.15, 0.2) is 17.2 Å². The first-order valence-electron chi connectivity index (χ1n) is 11.2. The van der Waals surface area contributed by atoms with Crippen molar-refractivity contribution in [1.29, 1.82) is 0 Å². The van der Waals surface area contributed by atoms with E-state index in [9.17, 15) is 13.2 Å². The summed E-state index contributed by atoms with van der Waals surface area (Å²) in [6.45, 7) is 4.28. The van der Waals surface area contributed by atoms with Crippen molar-refractivity contribution in [3.63, 3.8) is 0 Å². The van der Waals surface area contributed by atoms with Gasteiger partial charge in [0.25, 0.3) is 0 Å². The van der Waals surface area contributed by atoms with Crippen LogP contribution in [0.25, 0.3) is 28.4 Å². The third kappa shape index (κ3) is 4.41. The normalized spacial score (nSPS) is 12.1. The maximum absolute atomic E-state index is 13.0. The molecule has 3 aromatic heterocycles. The van der Waals surface area contributed by atoms with Gasteiger partial charge in [0.1, 0.15) is 11.6 Å². The van der Waals surface area contributed by atoms with E-state index in [1.54, 1.807) is 29.9 Å². The summed E-state index contributed by atoms with van der Waals surface area (Å²) in [7, 11) is 1.55. The van der Waals surface area contributed by atoms with E-state index in [4.69, 9.17) is 10.1 Å². The van der Waals surface area contributed by atoms with Gasteiger partial charge in [-0.2, -0.15) is 17.7 Å². The van der Waals surface area contributed by atoms with E-state index >= 15 is 0 Å². The van der Waals surface area contributed by atoms with E-state index in [1.165, 1.54) is 10.1 Å². The molecule has 0 fully saturated rings. The molecule has 0 unspecified atom stereocenters. The number of benzene rings is 2. The lowest BCUT2D eigenvalue weighted by molar-refractivity contribution is -0.140. The molecule has 5 aromatic rings. The average molecular weight is 477 g/mol. The summed E-state index contributed by atoms with van der Waals surface area (Å²) < 4.78 is 42.1. The Morgan fingerprint density at radius 1 is 0.943 bits per heavy atom. The van der Waals surface area contributed by atoms with Crippen LogP contribution in [0.1, 0.15) is 42.4 Å². The van der Waals surface area contributed by atoms with Gasteiger partial charge in [0, 0.05) is 43.1 Å². The number of nitrogens with zero attached hydrogens (tertiary/aromatic N) is 6. The quantitative estimate of drug-likeness (QED) is 0.316. The number of aromatic nitrogens is 6. The van der Waals surface area contributed by atoms with E-state index in [2.05, 4.69) is 29.9 Å². The fourth-order valence-corrected chi connectivity index (χ4v) is 4.13. The summed E-state index contributed by atoms with van der Waals surface area (Å²) in [5, 5.41) is 4.75. The van der Waals surface area contributed by atoms with Gasteiger partial charge >= 0.3 is 6.18 Å². The topological polar surface area (TPSA) is 60.9 Å². The average Bonchev–Trinajstić information content (AvgIpc) is 3.44. The molecule has 0 radical (unpaired) electrons. The van der Waals surface area contributed by atoms with Crippen molar-refractivity contribution in [3.05, 3.63) is 89.6 Å². The summed E-state index contributed by atoms with van der Waals surface area (Å²) in [4.78, 5) is 13.0. The lowest BCUT2D eigenvalue weighted by Gasteiger charge is -2.09. The molecule has 35 heavy (non-hydrogen) atoms. The van der Waals surface area contributed by atoms with Crippen LogP contribution in [-0.4, -0.2) is 29.1 Å². The zero-order valence-corrected chi connectivity index (χ0v) is 19.5. The van der Waals surface area contributed by atoms with E-state index < -0.39 is 11.9 Å². The van der Waals surface area contributed by atoms with Crippen molar-refractivity contribution in [1.82, 2.24) is 29.1 Å². The van der Waals surface area contributed by atoms with Crippen LogP contribution in [0.15, 0.2) is 67.0 Å². The zero-order chi connectivity index (χ0) is 24.7. The molecule has 3 heterocycles. The fourth-order valence-electron chi connectivity index (χ4n) is 4.13. The lowest BCUT2D eigenvalue weighted by atomic mass is 9.97. The maximum atomic E-state index is 13.0. The minimum absolute atomic E-state index is 0.258. The Morgan fingerprint density at radius 3 is 2.37 bits per heavy atom. The smallest absolute Gasteiger partial charge is 0.333 e. The number of hydrogen-bond acceptors (Lipinski definition) is 4. The highest BCUT2D eigenvalue weighted by atomic mass is 19.4. The minimum Gasteiger partial charge on any atom is -0.333 e. The van der Waals surface area contributed by atoms with Crippen molar-refractivity contribution in [3.8, 4) is 22.8 Å².